The average Bonchev–Trinajstić information content (AvgIpc) is 3.51. The number of carbonyl (C=O) groups is 1. The number of fused-ring (bicyclic) bond motifs is 1. The van der Waals surface area contributed by atoms with E-state index in [1.165, 1.54) is 54.4 Å². The molecule has 8 heteroatoms. The first-order valence-corrected chi connectivity index (χ1v) is 12.5. The molecule has 1 aliphatic carbocycles. The smallest absolute Gasteiger partial charge is 0.272 e. The fraction of sp³-hybridized carbons (Fsp3) is 0.481. The molecule has 1 saturated carbocycles. The summed E-state index contributed by atoms with van der Waals surface area (Å²) in [7, 11) is 0. The van der Waals surface area contributed by atoms with Crippen LogP contribution in [0.2, 0.25) is 0 Å². The Kier molecular flexibility index (Phi) is 6.54. The number of nitriles is 1. The summed E-state index contributed by atoms with van der Waals surface area (Å²) in [6.07, 6.45) is 8.28. The van der Waals surface area contributed by atoms with Crippen molar-refractivity contribution < 1.29 is 9.90 Å². The molecular formula is C27H31N5O3. The number of aliphatic hydroxyl groups excluding tert-OH is 1. The molecule has 0 amide bonds. The summed E-state index contributed by atoms with van der Waals surface area (Å²) < 4.78 is 1.23. The molecule has 1 aromatic carbocycles. The number of aliphatic hydroxyl groups is 1. The lowest BCUT2D eigenvalue weighted by Gasteiger charge is -2.22. The summed E-state index contributed by atoms with van der Waals surface area (Å²) in [6, 6.07) is 11.4. The number of nitrogens with one attached hydrogen (secondary N) is 2. The third kappa shape index (κ3) is 4.30. The van der Waals surface area contributed by atoms with Gasteiger partial charge >= 0.3 is 0 Å². The Bertz CT molecular complexity index is 1310. The molecule has 3 N–H and O–H groups in total. The number of rotatable bonds is 6. The van der Waals surface area contributed by atoms with Crippen molar-refractivity contribution in [2.45, 2.75) is 69.4 Å². The number of ketones is 1. The number of nitrogens with zero attached hydrogens (tertiary/aromatic N) is 3. The molecule has 2 fully saturated rings. The minimum absolute atomic E-state index is 0.117. The average molecular weight is 474 g/mol. The molecule has 2 aliphatic rings. The van der Waals surface area contributed by atoms with Crippen LogP contribution in [-0.2, 0) is 0 Å². The molecule has 1 saturated heterocycles. The van der Waals surface area contributed by atoms with Crippen LogP contribution in [-0.4, -0.2) is 38.1 Å². The normalized spacial score (nSPS) is 23.9. The van der Waals surface area contributed by atoms with Crippen molar-refractivity contribution in [3.63, 3.8) is 0 Å². The summed E-state index contributed by atoms with van der Waals surface area (Å²) in [6.45, 7) is 1.57. The maximum atomic E-state index is 13.8. The van der Waals surface area contributed by atoms with Gasteiger partial charge in [-0.25, -0.2) is 9.50 Å². The molecule has 0 spiro atoms. The second-order valence-corrected chi connectivity index (χ2v) is 9.96. The second-order valence-electron chi connectivity index (χ2n) is 9.96. The van der Waals surface area contributed by atoms with Crippen LogP contribution in [0.15, 0.2) is 41.3 Å². The molecular weight excluding hydrogens is 442 g/mol. The molecule has 0 radical (unpaired) electrons. The van der Waals surface area contributed by atoms with Gasteiger partial charge in [0.05, 0.1) is 35.9 Å². The van der Waals surface area contributed by atoms with Crippen LogP contribution in [0, 0.1) is 17.2 Å². The molecule has 2 aromatic heterocycles. The Hall–Kier alpha value is -3.28. The van der Waals surface area contributed by atoms with Crippen molar-refractivity contribution in [1.29, 1.82) is 5.26 Å². The van der Waals surface area contributed by atoms with Gasteiger partial charge in [0.1, 0.15) is 0 Å². The minimum Gasteiger partial charge on any atom is -0.396 e. The monoisotopic (exact) mass is 473 g/mol. The highest BCUT2D eigenvalue weighted by atomic mass is 16.3. The number of aromatic nitrogens is 3. The fourth-order valence-electron chi connectivity index (χ4n) is 5.68. The Morgan fingerprint density at radius 2 is 1.91 bits per heavy atom. The van der Waals surface area contributed by atoms with Crippen molar-refractivity contribution in [3.8, 4) is 6.07 Å². The van der Waals surface area contributed by atoms with E-state index in [-0.39, 0.29) is 35.2 Å². The lowest BCUT2D eigenvalue weighted by molar-refractivity contribution is 0.0938. The quantitative estimate of drug-likeness (QED) is 0.470. The zero-order valence-corrected chi connectivity index (χ0v) is 19.9. The lowest BCUT2D eigenvalue weighted by atomic mass is 9.83. The molecule has 35 heavy (non-hydrogen) atoms. The van der Waals surface area contributed by atoms with Gasteiger partial charge in [0.15, 0.2) is 11.4 Å². The molecule has 3 unspecified atom stereocenters. The van der Waals surface area contributed by atoms with Gasteiger partial charge in [0.25, 0.3) is 5.56 Å². The van der Waals surface area contributed by atoms with E-state index in [1.54, 1.807) is 6.92 Å². The number of benzene rings is 1. The van der Waals surface area contributed by atoms with Crippen molar-refractivity contribution in [2.24, 2.45) is 5.92 Å². The highest BCUT2D eigenvalue weighted by Crippen LogP contribution is 2.36. The molecule has 5 rings (SSSR count). The van der Waals surface area contributed by atoms with Crippen LogP contribution in [0.3, 0.4) is 0 Å². The van der Waals surface area contributed by atoms with Crippen LogP contribution >= 0.6 is 0 Å². The van der Waals surface area contributed by atoms with Gasteiger partial charge in [-0.3, -0.25) is 20.0 Å². The van der Waals surface area contributed by atoms with Crippen molar-refractivity contribution in [1.82, 2.24) is 19.9 Å². The number of hydrogen-bond acceptors (Lipinski definition) is 6. The summed E-state index contributed by atoms with van der Waals surface area (Å²) >= 11 is 0. The number of aromatic amines is 1. The number of carbonyl (C=O) groups excluding carboxylic acids is 1. The topological polar surface area (TPSA) is 123 Å². The van der Waals surface area contributed by atoms with E-state index >= 15 is 0 Å². The first-order chi connectivity index (χ1) is 17.0. The molecule has 3 heterocycles. The number of H-pyrrole nitrogens is 1. The van der Waals surface area contributed by atoms with Crippen LogP contribution < -0.4 is 10.9 Å². The molecule has 8 nitrogen and oxygen atoms in total. The third-order valence-corrected chi connectivity index (χ3v) is 7.72. The predicted molar refractivity (Wildman–Crippen MR) is 131 cm³/mol. The Morgan fingerprint density at radius 3 is 2.60 bits per heavy atom. The van der Waals surface area contributed by atoms with E-state index < -0.39 is 17.9 Å². The highest BCUT2D eigenvalue weighted by molar-refractivity contribution is 6.06. The third-order valence-electron chi connectivity index (χ3n) is 7.72. The fourth-order valence-corrected chi connectivity index (χ4v) is 5.68. The van der Waals surface area contributed by atoms with Gasteiger partial charge in [-0.15, -0.1) is 0 Å². The molecule has 0 bridgehead atoms. The Balaban J connectivity index is 1.43. The van der Waals surface area contributed by atoms with Gasteiger partial charge < -0.3 is 5.11 Å². The van der Waals surface area contributed by atoms with E-state index in [1.807, 2.05) is 0 Å². The standard InChI is InChI=1S/C27H31N5O3/c1-16(15-33)24-23(27-29-12-11-22(34)32(27)31-24)26(35)25-20(14-28)13-21(30-25)19-9-7-18(8-10-19)17-5-3-2-4-6-17/h7-12,16-17,20-21,25,30-31,33H,2-6,13,15H2,1H3/t16-,20?,21?,25?/m1/s1. The second kappa shape index (κ2) is 9.76. The first-order valence-electron chi connectivity index (χ1n) is 12.5. The van der Waals surface area contributed by atoms with Crippen molar-refractivity contribution in [3.05, 3.63) is 69.3 Å². The highest BCUT2D eigenvalue weighted by Gasteiger charge is 2.41. The Labute approximate surface area is 204 Å². The summed E-state index contributed by atoms with van der Waals surface area (Å²) in [5.74, 6) is -0.585. The zero-order valence-electron chi connectivity index (χ0n) is 19.9. The molecule has 1 aliphatic heterocycles. The van der Waals surface area contributed by atoms with Crippen LogP contribution in [0.25, 0.3) is 5.65 Å². The first kappa shape index (κ1) is 23.5. The van der Waals surface area contributed by atoms with E-state index in [9.17, 15) is 20.0 Å². The van der Waals surface area contributed by atoms with Gasteiger partial charge in [-0.05, 0) is 36.3 Å². The Morgan fingerprint density at radius 1 is 1.20 bits per heavy atom. The minimum atomic E-state index is -0.732. The SMILES string of the molecule is C[C@H](CO)c1[nH]n2c(=O)ccnc2c1C(=O)C1NC(c2ccc(C3CCCCC3)cc2)CC1C#N. The largest absolute Gasteiger partial charge is 0.396 e. The van der Waals surface area contributed by atoms with E-state index in [2.05, 4.69) is 45.7 Å². The summed E-state index contributed by atoms with van der Waals surface area (Å²) in [5.41, 5.74) is 3.03. The van der Waals surface area contributed by atoms with Crippen molar-refractivity contribution >= 4 is 11.4 Å². The predicted octanol–water partition coefficient (Wildman–Crippen LogP) is 3.59. The van der Waals surface area contributed by atoms with Gasteiger partial charge in [-0.2, -0.15) is 5.26 Å². The van der Waals surface area contributed by atoms with E-state index in [4.69, 9.17) is 0 Å². The molecule has 3 aromatic rings. The van der Waals surface area contributed by atoms with E-state index in [0.717, 1.165) is 5.56 Å². The van der Waals surface area contributed by atoms with Gasteiger partial charge in [0, 0.05) is 24.2 Å². The number of Topliss-reactive ketones (excluding diaryl/α,β-unsaturated/α-hetero) is 1. The van der Waals surface area contributed by atoms with Gasteiger partial charge in [0.2, 0.25) is 0 Å². The van der Waals surface area contributed by atoms with Crippen LogP contribution in [0.5, 0.6) is 0 Å². The lowest BCUT2D eigenvalue weighted by Crippen LogP contribution is -2.37. The van der Waals surface area contributed by atoms with Gasteiger partial charge in [-0.1, -0.05) is 50.5 Å². The van der Waals surface area contributed by atoms with Crippen LogP contribution in [0.4, 0.5) is 0 Å². The number of hydrogen-bond donors (Lipinski definition) is 3. The summed E-state index contributed by atoms with van der Waals surface area (Å²) in [5, 5.41) is 26.0. The molecule has 182 valence electrons. The van der Waals surface area contributed by atoms with Crippen molar-refractivity contribution in [2.75, 3.05) is 6.61 Å². The van der Waals surface area contributed by atoms with E-state index in [0.29, 0.717) is 18.0 Å². The molecule has 4 atom stereocenters. The maximum Gasteiger partial charge on any atom is 0.272 e. The van der Waals surface area contributed by atoms with Crippen LogP contribution in [0.1, 0.15) is 90.5 Å². The zero-order chi connectivity index (χ0) is 24.5. The summed E-state index contributed by atoms with van der Waals surface area (Å²) in [4.78, 5) is 30.4. The maximum absolute atomic E-state index is 13.8.